The summed E-state index contributed by atoms with van der Waals surface area (Å²) < 4.78 is 53.8. The van der Waals surface area contributed by atoms with Gasteiger partial charge < -0.3 is 87.1 Å². The molecule has 3 aromatic heterocycles. The lowest BCUT2D eigenvalue weighted by atomic mass is 9.99. The third kappa shape index (κ3) is 22.8. The van der Waals surface area contributed by atoms with E-state index in [2.05, 4.69) is 114 Å². The van der Waals surface area contributed by atoms with Gasteiger partial charge in [-0.15, -0.1) is 13.2 Å². The molecule has 30 heteroatoms. The second kappa shape index (κ2) is 40.6. The van der Waals surface area contributed by atoms with Crippen LogP contribution in [0.1, 0.15) is 120 Å². The number of nitrogens with one attached hydrogen (secondary N) is 11. The van der Waals surface area contributed by atoms with E-state index in [1.807, 2.05) is 157 Å². The topological polar surface area (TPSA) is 334 Å². The molecule has 0 spiro atoms. The number of amides is 6. The standard InChI is InChI=1S/C21H21N3O3.C20H25N5O.C19H18F3N3O3.C19H20N2O3.C17H17N3O/c1-12-9-19(25)23-16-6-4-5-15(20(16)22-12)18-10-13-7-8-14(21(26)27-3)11-17(13)24(18)2;1-14-12-19(26)23-17-5-3-4-16(20(17)22-14)15-6-7-18(21-13-15)25-10-8-24(2)9-11-25;1-11-9-16(26)25-14-7-4-6-13(17(14)24-11)18(27)23-10-12-5-2-3-8-15(12)28-19(20,21)22;1-12-10-18(23)21-15-8-5-7-14(19(15)20-12)16(22)11-13-6-3-4-9-17(13)24-2;1-12-11-16(21)20-15-4-2-3-14(17(15)19-12)6-5-13-7-9-18-10-8-13/h4-8,10-12,22H,9H2,1-3H3,(H,23,25);3-7,13-14,22H,8-12H2,1-2H3,(H,23,26);2-8,11,24H,9-10H2,1H3,(H,23,27)(H,25,26);3-9,12,20H,10-11H2,1-2H3,(H,21,23);2-10,12,19H,11H2,1H3,(H,20,21)/b;;;;6-5+/t12-;14-;11-;;12-/m111.1/s1. The number of aromatic nitrogens is 3. The van der Waals surface area contributed by atoms with Crippen LogP contribution in [0.2, 0.25) is 0 Å². The molecule has 0 aliphatic carbocycles. The van der Waals surface area contributed by atoms with Gasteiger partial charge in [0.2, 0.25) is 29.5 Å². The molecule has 0 saturated carbocycles. The summed E-state index contributed by atoms with van der Waals surface area (Å²) in [5.41, 5.74) is 17.2. The zero-order chi connectivity index (χ0) is 89.3. The van der Waals surface area contributed by atoms with E-state index in [0.717, 1.165) is 116 Å². The lowest BCUT2D eigenvalue weighted by molar-refractivity contribution is -0.275. The van der Waals surface area contributed by atoms with Crippen molar-refractivity contribution < 1.29 is 65.7 Å². The van der Waals surface area contributed by atoms with E-state index in [4.69, 9.17) is 14.5 Å². The molecule has 0 radical (unpaired) electrons. The molecule has 11 N–H and O–H groups in total. The Bertz CT molecular complexity index is 5880. The van der Waals surface area contributed by atoms with Crippen LogP contribution in [0.4, 0.5) is 75.9 Å². The van der Waals surface area contributed by atoms with E-state index >= 15 is 0 Å². The summed E-state index contributed by atoms with van der Waals surface area (Å²) >= 11 is 0. The zero-order valence-electron chi connectivity index (χ0n) is 71.3. The first kappa shape index (κ1) is 89.2. The number of rotatable bonds is 14. The Morgan fingerprint density at radius 2 is 0.984 bits per heavy atom. The van der Waals surface area contributed by atoms with Crippen LogP contribution in [0.5, 0.6) is 11.5 Å². The highest BCUT2D eigenvalue weighted by Gasteiger charge is 2.33. The Morgan fingerprint density at radius 3 is 1.53 bits per heavy atom. The van der Waals surface area contributed by atoms with Crippen molar-refractivity contribution in [2.45, 2.75) is 116 Å². The second-order valence-electron chi connectivity index (χ2n) is 31.6. The average Bonchev–Trinajstić information content (AvgIpc) is 1.62. The number of anilines is 11. The maximum atomic E-state index is 12.8. The predicted octanol–water partition coefficient (Wildman–Crippen LogP) is 16.7. The molecule has 0 bridgehead atoms. The van der Waals surface area contributed by atoms with Crippen molar-refractivity contribution in [2.75, 3.05) is 106 Å². The van der Waals surface area contributed by atoms with Gasteiger partial charge in [0.05, 0.1) is 87.9 Å². The summed E-state index contributed by atoms with van der Waals surface area (Å²) in [5.74, 6) is 0.354. The van der Waals surface area contributed by atoms with Crippen molar-refractivity contribution in [1.82, 2.24) is 24.8 Å². The molecule has 1 unspecified atom stereocenters. The van der Waals surface area contributed by atoms with Crippen LogP contribution in [0.15, 0.2) is 207 Å². The minimum absolute atomic E-state index is 0.00524. The summed E-state index contributed by atoms with van der Waals surface area (Å²) in [5, 5.41) is 34.9. The number of para-hydroxylation sites is 7. The van der Waals surface area contributed by atoms with Gasteiger partial charge in [0.15, 0.2) is 5.78 Å². The largest absolute Gasteiger partial charge is 0.573 e. The number of likely N-dealkylation sites (N-methyl/N-ethyl adjacent to an activating group) is 1. The number of ketones is 1. The predicted molar refractivity (Wildman–Crippen MR) is 489 cm³/mol. The number of carbonyl (C=O) groups excluding carboxylic acids is 8. The van der Waals surface area contributed by atoms with Crippen LogP contribution in [0, 0.1) is 0 Å². The van der Waals surface area contributed by atoms with Crippen molar-refractivity contribution in [3.05, 3.63) is 246 Å². The molecular formula is C96H101F3N16O11. The number of esters is 1. The maximum absolute atomic E-state index is 12.8. The number of fused-ring (bicyclic) bond motifs is 6. The minimum Gasteiger partial charge on any atom is -0.496 e. The van der Waals surface area contributed by atoms with E-state index in [1.165, 1.54) is 25.3 Å². The SMILES string of the molecule is COC(=O)c1ccc2cc(-c3cccc4c3N[C@H](C)CC(=O)N4)n(C)c2c1.COc1ccccc1CC(=O)c1cccc2c1NC(C)CC(=O)N2.C[C@@H]1CC(=O)Nc2cccc(-c3ccc(N4CCN(C)CC4)nc3)c2N1.C[C@@H]1CC(=O)Nc2cccc(/C=C/c3ccncc3)c2N1.C[C@@H]1CC(=O)Nc2cccc(C(=O)NCc3ccccc3OC(F)(F)F)c2N1. The Hall–Kier alpha value is -14.6. The van der Waals surface area contributed by atoms with Crippen LogP contribution in [-0.4, -0.2) is 151 Å². The second-order valence-corrected chi connectivity index (χ2v) is 31.6. The number of alkyl halides is 3. The first-order valence-electron chi connectivity index (χ1n) is 41.5. The molecule has 6 aliphatic heterocycles. The number of nitrogens with zero attached hydrogens (tertiary/aromatic N) is 5. The first-order valence-corrected chi connectivity index (χ1v) is 41.5. The van der Waals surface area contributed by atoms with Gasteiger partial charge >= 0.3 is 12.3 Å². The molecule has 5 atom stereocenters. The molecule has 652 valence electrons. The van der Waals surface area contributed by atoms with Gasteiger partial charge in [-0.05, 0) is 150 Å². The maximum Gasteiger partial charge on any atom is 0.573 e. The molecule has 9 heterocycles. The van der Waals surface area contributed by atoms with E-state index < -0.39 is 12.3 Å². The molecule has 17 rings (SSSR count). The van der Waals surface area contributed by atoms with Crippen molar-refractivity contribution in [3.8, 4) is 33.9 Å². The number of piperazine rings is 1. The molecule has 6 aliphatic rings. The van der Waals surface area contributed by atoms with E-state index in [0.29, 0.717) is 65.3 Å². The van der Waals surface area contributed by atoms with Crippen molar-refractivity contribution in [3.63, 3.8) is 0 Å². The number of pyridine rings is 2. The zero-order valence-corrected chi connectivity index (χ0v) is 71.3. The number of ether oxygens (including phenoxy) is 3. The summed E-state index contributed by atoms with van der Waals surface area (Å²) in [4.78, 5) is 110. The van der Waals surface area contributed by atoms with Crippen LogP contribution in [-0.2, 0) is 48.7 Å². The smallest absolute Gasteiger partial charge is 0.496 e. The summed E-state index contributed by atoms with van der Waals surface area (Å²) in [6, 6.07) is 56.8. The summed E-state index contributed by atoms with van der Waals surface area (Å²) in [7, 11) is 7.10. The summed E-state index contributed by atoms with van der Waals surface area (Å²) in [6.45, 7) is 13.8. The number of carbonyl (C=O) groups is 8. The molecule has 1 fully saturated rings. The number of hydrogen-bond acceptors (Lipinski definition) is 20. The van der Waals surface area contributed by atoms with Gasteiger partial charge in [-0.1, -0.05) is 103 Å². The van der Waals surface area contributed by atoms with Crippen LogP contribution in [0.3, 0.4) is 0 Å². The Labute approximate surface area is 728 Å². The van der Waals surface area contributed by atoms with Crippen molar-refractivity contribution >= 4 is 133 Å². The van der Waals surface area contributed by atoms with Gasteiger partial charge in [0.25, 0.3) is 5.91 Å². The van der Waals surface area contributed by atoms with Gasteiger partial charge in [-0.25, -0.2) is 9.78 Å². The first-order chi connectivity index (χ1) is 60.6. The van der Waals surface area contributed by atoms with Gasteiger partial charge in [-0.2, -0.15) is 0 Å². The lowest BCUT2D eigenvalue weighted by Crippen LogP contribution is -2.44. The van der Waals surface area contributed by atoms with E-state index in [-0.39, 0.29) is 108 Å². The van der Waals surface area contributed by atoms with Gasteiger partial charge in [0.1, 0.15) is 17.3 Å². The number of Topliss-reactive ketones (excluding diaryl/α,β-unsaturated/α-hetero) is 1. The van der Waals surface area contributed by atoms with Crippen molar-refractivity contribution in [2.24, 2.45) is 7.05 Å². The highest BCUT2D eigenvalue weighted by Crippen LogP contribution is 2.42. The molecule has 11 aromatic rings. The number of benzene rings is 8. The minimum atomic E-state index is -4.82. The molecule has 1 saturated heterocycles. The fraction of sp³-hybridized carbons (Fsp3) is 0.271. The van der Waals surface area contributed by atoms with Gasteiger partial charge in [-0.3, -0.25) is 38.5 Å². The summed E-state index contributed by atoms with van der Waals surface area (Å²) in [6.07, 6.45) is 6.95. The lowest BCUT2D eigenvalue weighted by Gasteiger charge is -2.33. The fourth-order valence-corrected chi connectivity index (χ4v) is 15.5. The third-order valence-electron chi connectivity index (χ3n) is 21.7. The molecule has 6 amide bonds. The van der Waals surface area contributed by atoms with Crippen LogP contribution < -0.4 is 72.9 Å². The number of aryl methyl sites for hydroxylation is 1. The average molecular weight is 1710 g/mol. The van der Waals surface area contributed by atoms with Crippen molar-refractivity contribution in [1.29, 1.82) is 0 Å². The number of hydrogen-bond donors (Lipinski definition) is 11. The quantitative estimate of drug-likeness (QED) is 0.0356. The molecule has 27 nitrogen and oxygen atoms in total. The normalized spacial score (nSPS) is 17.5. The Morgan fingerprint density at radius 1 is 0.500 bits per heavy atom. The van der Waals surface area contributed by atoms with Gasteiger partial charge in [0, 0.05) is 171 Å². The van der Waals surface area contributed by atoms with E-state index in [9.17, 15) is 51.5 Å². The fourth-order valence-electron chi connectivity index (χ4n) is 15.5. The molecular weight excluding hydrogens is 1610 g/mol. The Balaban J connectivity index is 0.000000135. The van der Waals surface area contributed by atoms with E-state index in [1.54, 1.807) is 68.0 Å². The monoisotopic (exact) mass is 1710 g/mol. The molecule has 126 heavy (non-hydrogen) atoms. The third-order valence-corrected chi connectivity index (χ3v) is 21.7. The Kier molecular flexibility index (Phi) is 28.8. The highest BCUT2D eigenvalue weighted by molar-refractivity contribution is 6.10. The van der Waals surface area contributed by atoms with Crippen LogP contribution >= 0.6 is 0 Å². The molecule has 8 aromatic carbocycles. The number of methoxy groups -OCH3 is 2. The highest BCUT2D eigenvalue weighted by atomic mass is 19.4. The van der Waals surface area contributed by atoms with Crippen LogP contribution in [0.25, 0.3) is 45.4 Å². The number of halogens is 3.